The largest absolute Gasteiger partial charge is 0.324 e. The number of benzodiazepines with no additional fused rings is 1. The van der Waals surface area contributed by atoms with Gasteiger partial charge in [-0.05, 0) is 35.9 Å². The molecule has 2 heterocycles. The van der Waals surface area contributed by atoms with E-state index in [1.165, 1.54) is 0 Å². The SMILES string of the molecule is Cn1cc(C2=NC(Cc3ccc(Cl)cc3Cl)C(=O)Nc3ccc(Cl)cc32)cn1. The van der Waals surface area contributed by atoms with Crippen LogP contribution < -0.4 is 5.32 Å². The maximum Gasteiger partial charge on any atom is 0.249 e. The molecule has 1 aliphatic heterocycles. The van der Waals surface area contributed by atoms with E-state index in [4.69, 9.17) is 39.8 Å². The van der Waals surface area contributed by atoms with Crippen molar-refractivity contribution in [2.75, 3.05) is 5.32 Å². The molecule has 0 aliphatic carbocycles. The minimum atomic E-state index is -0.667. The Hall–Kier alpha value is -2.34. The van der Waals surface area contributed by atoms with Crippen molar-refractivity contribution in [3.63, 3.8) is 0 Å². The Bertz CT molecular complexity index is 1110. The number of carbonyl (C=O) groups excluding carboxylic acids is 1. The molecule has 0 radical (unpaired) electrons. The molecule has 8 heteroatoms. The van der Waals surface area contributed by atoms with Crippen LogP contribution in [0.4, 0.5) is 5.69 Å². The second kappa shape index (κ2) is 7.59. The van der Waals surface area contributed by atoms with E-state index in [9.17, 15) is 4.79 Å². The van der Waals surface area contributed by atoms with Crippen LogP contribution >= 0.6 is 34.8 Å². The van der Waals surface area contributed by atoms with Crippen molar-refractivity contribution in [3.05, 3.63) is 80.6 Å². The summed E-state index contributed by atoms with van der Waals surface area (Å²) in [6, 6.07) is 9.86. The highest BCUT2D eigenvalue weighted by Gasteiger charge is 2.27. The molecule has 5 nitrogen and oxygen atoms in total. The van der Waals surface area contributed by atoms with E-state index >= 15 is 0 Å². The average molecular weight is 434 g/mol. The molecule has 0 fully saturated rings. The molecule has 1 unspecified atom stereocenters. The van der Waals surface area contributed by atoms with Crippen molar-refractivity contribution in [1.29, 1.82) is 0 Å². The van der Waals surface area contributed by atoms with E-state index in [0.717, 1.165) is 16.7 Å². The molecular formula is C20H15Cl3N4O. The van der Waals surface area contributed by atoms with E-state index in [2.05, 4.69) is 10.4 Å². The Morgan fingerprint density at radius 1 is 1.11 bits per heavy atom. The molecular weight excluding hydrogens is 419 g/mol. The van der Waals surface area contributed by atoms with Gasteiger partial charge in [0.2, 0.25) is 5.91 Å². The third-order valence-corrected chi connectivity index (χ3v) is 5.31. The molecule has 0 bridgehead atoms. The number of hydrogen-bond acceptors (Lipinski definition) is 3. The summed E-state index contributed by atoms with van der Waals surface area (Å²) >= 11 is 18.5. The number of rotatable bonds is 3. The number of fused-ring (bicyclic) bond motifs is 1. The fraction of sp³-hybridized carbons (Fsp3) is 0.150. The monoisotopic (exact) mass is 432 g/mol. The third-order valence-electron chi connectivity index (χ3n) is 4.49. The van der Waals surface area contributed by atoms with E-state index in [-0.39, 0.29) is 5.91 Å². The summed E-state index contributed by atoms with van der Waals surface area (Å²) in [5, 5.41) is 8.78. The molecule has 0 saturated heterocycles. The van der Waals surface area contributed by atoms with Gasteiger partial charge >= 0.3 is 0 Å². The lowest BCUT2D eigenvalue weighted by Gasteiger charge is -2.12. The zero-order valence-corrected chi connectivity index (χ0v) is 17.1. The molecule has 2 aromatic carbocycles. The van der Waals surface area contributed by atoms with Crippen molar-refractivity contribution in [1.82, 2.24) is 9.78 Å². The molecule has 0 spiro atoms. The fourth-order valence-corrected chi connectivity index (χ4v) is 3.79. The molecule has 1 amide bonds. The lowest BCUT2D eigenvalue weighted by Crippen LogP contribution is -2.27. The number of halogens is 3. The Kier molecular flexibility index (Phi) is 5.15. The maximum atomic E-state index is 12.9. The number of hydrogen-bond donors (Lipinski definition) is 1. The van der Waals surface area contributed by atoms with Crippen molar-refractivity contribution < 1.29 is 4.79 Å². The van der Waals surface area contributed by atoms with Gasteiger partial charge in [0.15, 0.2) is 0 Å². The first-order valence-corrected chi connectivity index (χ1v) is 9.65. The van der Waals surface area contributed by atoms with Crippen LogP contribution in [0.2, 0.25) is 15.1 Å². The van der Waals surface area contributed by atoms with E-state index in [0.29, 0.717) is 32.9 Å². The molecule has 1 atom stereocenters. The van der Waals surface area contributed by atoms with Crippen molar-refractivity contribution in [2.45, 2.75) is 12.5 Å². The van der Waals surface area contributed by atoms with Crippen LogP contribution in [0.15, 0.2) is 53.8 Å². The predicted octanol–water partition coefficient (Wildman–Crippen LogP) is 4.78. The Balaban J connectivity index is 1.81. The topological polar surface area (TPSA) is 59.3 Å². The highest BCUT2D eigenvalue weighted by Crippen LogP contribution is 2.29. The molecule has 1 aromatic heterocycles. The second-order valence-corrected chi connectivity index (χ2v) is 7.80. The fourth-order valence-electron chi connectivity index (χ4n) is 3.13. The number of amides is 1. The number of aromatic nitrogens is 2. The third kappa shape index (κ3) is 3.78. The highest BCUT2D eigenvalue weighted by molar-refractivity contribution is 6.35. The zero-order valence-electron chi connectivity index (χ0n) is 14.8. The second-order valence-electron chi connectivity index (χ2n) is 6.52. The van der Waals surface area contributed by atoms with Crippen LogP contribution in [0.1, 0.15) is 16.7 Å². The van der Waals surface area contributed by atoms with Gasteiger partial charge in [0.05, 0.1) is 17.6 Å². The highest BCUT2D eigenvalue weighted by atomic mass is 35.5. The summed E-state index contributed by atoms with van der Waals surface area (Å²) in [6.07, 6.45) is 3.91. The lowest BCUT2D eigenvalue weighted by molar-refractivity contribution is -0.117. The summed E-state index contributed by atoms with van der Waals surface area (Å²) in [5.41, 5.74) is 3.65. The van der Waals surface area contributed by atoms with Crippen molar-refractivity contribution in [2.24, 2.45) is 12.0 Å². The van der Waals surface area contributed by atoms with Crippen molar-refractivity contribution >= 4 is 52.1 Å². The van der Waals surface area contributed by atoms with Gasteiger partial charge in [-0.15, -0.1) is 0 Å². The number of nitrogens with one attached hydrogen (secondary N) is 1. The first-order chi connectivity index (χ1) is 13.4. The molecule has 0 saturated carbocycles. The number of aliphatic imine (C=N–C) groups is 1. The zero-order chi connectivity index (χ0) is 19.8. The molecule has 28 heavy (non-hydrogen) atoms. The van der Waals surface area contributed by atoms with Gasteiger partial charge in [0.1, 0.15) is 6.04 Å². The minimum Gasteiger partial charge on any atom is -0.324 e. The molecule has 1 aliphatic rings. The Labute approximate surface area is 176 Å². The first kappa shape index (κ1) is 19.0. The van der Waals surface area contributed by atoms with Gasteiger partial charge in [-0.3, -0.25) is 14.5 Å². The number of nitrogens with zero attached hydrogens (tertiary/aromatic N) is 3. The number of anilines is 1. The Morgan fingerprint density at radius 3 is 2.57 bits per heavy atom. The van der Waals surface area contributed by atoms with Crippen molar-refractivity contribution in [3.8, 4) is 0 Å². The lowest BCUT2D eigenvalue weighted by atomic mass is 10.0. The predicted molar refractivity (Wildman–Crippen MR) is 113 cm³/mol. The summed E-state index contributed by atoms with van der Waals surface area (Å²) in [5.74, 6) is -0.214. The quantitative estimate of drug-likeness (QED) is 0.646. The maximum absolute atomic E-state index is 12.9. The number of carbonyl (C=O) groups is 1. The van der Waals surface area contributed by atoms with Crippen LogP contribution in [-0.4, -0.2) is 27.4 Å². The first-order valence-electron chi connectivity index (χ1n) is 8.52. The van der Waals surface area contributed by atoms with Gasteiger partial charge in [-0.2, -0.15) is 5.10 Å². The van der Waals surface area contributed by atoms with Gasteiger partial charge in [-0.1, -0.05) is 40.9 Å². The van der Waals surface area contributed by atoms with E-state index in [1.54, 1.807) is 41.2 Å². The van der Waals surface area contributed by atoms with Gasteiger partial charge < -0.3 is 5.32 Å². The number of benzene rings is 2. The van der Waals surface area contributed by atoms with Gasteiger partial charge in [0.25, 0.3) is 0 Å². The molecule has 4 rings (SSSR count). The molecule has 3 aromatic rings. The molecule has 142 valence electrons. The van der Waals surface area contributed by atoms with Crippen LogP contribution in [0.3, 0.4) is 0 Å². The van der Waals surface area contributed by atoms with Crippen LogP contribution in [0.25, 0.3) is 0 Å². The number of aryl methyl sites for hydroxylation is 1. The summed E-state index contributed by atoms with van der Waals surface area (Å²) < 4.78 is 1.69. The van der Waals surface area contributed by atoms with Gasteiger partial charge in [-0.25, -0.2) is 0 Å². The van der Waals surface area contributed by atoms with E-state index < -0.39 is 6.04 Å². The van der Waals surface area contributed by atoms with Crippen LogP contribution in [0.5, 0.6) is 0 Å². The average Bonchev–Trinajstić information content (AvgIpc) is 3.02. The summed E-state index contributed by atoms with van der Waals surface area (Å²) in [4.78, 5) is 17.7. The summed E-state index contributed by atoms with van der Waals surface area (Å²) in [7, 11) is 1.83. The van der Waals surface area contributed by atoms with Gasteiger partial charge in [0, 0.05) is 45.9 Å². The normalized spacial score (nSPS) is 16.2. The van der Waals surface area contributed by atoms with Crippen LogP contribution in [-0.2, 0) is 18.3 Å². The Morgan fingerprint density at radius 2 is 1.86 bits per heavy atom. The summed E-state index contributed by atoms with van der Waals surface area (Å²) in [6.45, 7) is 0. The minimum absolute atomic E-state index is 0.214. The molecule has 1 N–H and O–H groups in total. The van der Waals surface area contributed by atoms with E-state index in [1.807, 2.05) is 19.3 Å². The van der Waals surface area contributed by atoms with Crippen LogP contribution in [0, 0.1) is 0 Å². The standard InChI is InChI=1S/C20H15Cl3N4O/c1-27-10-12(9-24-27)19-15-7-13(21)4-5-17(15)26-20(28)18(25-19)6-11-2-3-14(22)8-16(11)23/h2-5,7-10,18H,6H2,1H3,(H,26,28). The smallest absolute Gasteiger partial charge is 0.249 e.